The van der Waals surface area contributed by atoms with Crippen LogP contribution in [0.15, 0.2) is 0 Å². The molecule has 2 rings (SSSR count). The Kier molecular flexibility index (Phi) is 3.74. The molecule has 0 aromatic carbocycles. The van der Waals surface area contributed by atoms with Crippen LogP contribution in [-0.2, 0) is 4.74 Å². The number of rotatable bonds is 4. The molecule has 3 unspecified atom stereocenters. The third-order valence-electron chi connectivity index (χ3n) is 3.47. The highest BCUT2D eigenvalue weighted by atomic mass is 32.1. The van der Waals surface area contributed by atoms with Crippen molar-refractivity contribution in [2.45, 2.75) is 38.4 Å². The summed E-state index contributed by atoms with van der Waals surface area (Å²) in [6, 6.07) is 0. The highest BCUT2D eigenvalue weighted by Gasteiger charge is 2.33. The smallest absolute Gasteiger partial charge is 0.0707 e. The monoisotopic (exact) mass is 215 g/mol. The van der Waals surface area contributed by atoms with Gasteiger partial charge in [0.05, 0.1) is 12.2 Å². The van der Waals surface area contributed by atoms with Crippen molar-refractivity contribution in [2.24, 2.45) is 5.92 Å². The third kappa shape index (κ3) is 2.44. The van der Waals surface area contributed by atoms with Crippen LogP contribution in [0.2, 0.25) is 0 Å². The fraction of sp³-hybridized carbons (Fsp3) is 1.00. The lowest BCUT2D eigenvalue weighted by Gasteiger charge is -2.34. The number of morpholine rings is 1. The normalized spacial score (nSPS) is 34.7. The van der Waals surface area contributed by atoms with Crippen LogP contribution >= 0.6 is 12.6 Å². The summed E-state index contributed by atoms with van der Waals surface area (Å²) in [5, 5.41) is 0. The summed E-state index contributed by atoms with van der Waals surface area (Å²) in [6.45, 7) is 5.79. The lowest BCUT2D eigenvalue weighted by atomic mass is 10.1. The SMILES string of the molecule is CCC(CS)CN1CC2CCC(C1)O2. The molecule has 0 aromatic rings. The van der Waals surface area contributed by atoms with E-state index in [4.69, 9.17) is 4.74 Å². The van der Waals surface area contributed by atoms with Crippen molar-refractivity contribution in [3.05, 3.63) is 0 Å². The van der Waals surface area contributed by atoms with Crippen LogP contribution in [0.1, 0.15) is 26.2 Å². The van der Waals surface area contributed by atoms with Crippen molar-refractivity contribution in [2.75, 3.05) is 25.4 Å². The van der Waals surface area contributed by atoms with Crippen LogP contribution < -0.4 is 0 Å². The molecule has 0 saturated carbocycles. The average Bonchev–Trinajstić information content (AvgIpc) is 2.55. The van der Waals surface area contributed by atoms with E-state index in [0.29, 0.717) is 12.2 Å². The minimum atomic E-state index is 0.533. The van der Waals surface area contributed by atoms with Gasteiger partial charge >= 0.3 is 0 Å². The molecule has 2 aliphatic rings. The second kappa shape index (κ2) is 4.86. The van der Waals surface area contributed by atoms with Crippen molar-refractivity contribution in [1.29, 1.82) is 0 Å². The van der Waals surface area contributed by atoms with Gasteiger partial charge in [0, 0.05) is 19.6 Å². The lowest BCUT2D eigenvalue weighted by Crippen LogP contribution is -2.44. The standard InChI is InChI=1S/C11H21NOS/c1-2-9(8-14)5-12-6-10-3-4-11(7-12)13-10/h9-11,14H,2-8H2,1H3. The van der Waals surface area contributed by atoms with Crippen molar-refractivity contribution < 1.29 is 4.74 Å². The number of nitrogens with zero attached hydrogens (tertiary/aromatic N) is 1. The molecule has 0 spiro atoms. The second-order valence-electron chi connectivity index (χ2n) is 4.63. The van der Waals surface area contributed by atoms with Crippen LogP contribution in [0.4, 0.5) is 0 Å². The van der Waals surface area contributed by atoms with Gasteiger partial charge in [-0.25, -0.2) is 0 Å². The summed E-state index contributed by atoms with van der Waals surface area (Å²) in [7, 11) is 0. The Morgan fingerprint density at radius 3 is 2.50 bits per heavy atom. The zero-order valence-electron chi connectivity index (χ0n) is 8.98. The molecule has 0 N–H and O–H groups in total. The molecule has 2 heterocycles. The van der Waals surface area contributed by atoms with Crippen molar-refractivity contribution >= 4 is 12.6 Å². The maximum absolute atomic E-state index is 5.82. The first-order chi connectivity index (χ1) is 6.81. The minimum absolute atomic E-state index is 0.533. The van der Waals surface area contributed by atoms with E-state index in [1.54, 1.807) is 0 Å². The number of fused-ring (bicyclic) bond motifs is 2. The highest BCUT2D eigenvalue weighted by molar-refractivity contribution is 7.80. The average molecular weight is 215 g/mol. The van der Waals surface area contributed by atoms with Gasteiger partial charge in [-0.3, -0.25) is 4.90 Å². The van der Waals surface area contributed by atoms with Gasteiger partial charge in [-0.1, -0.05) is 13.3 Å². The molecule has 14 heavy (non-hydrogen) atoms. The van der Waals surface area contributed by atoms with E-state index in [-0.39, 0.29) is 0 Å². The van der Waals surface area contributed by atoms with E-state index in [2.05, 4.69) is 24.5 Å². The molecule has 2 aliphatic heterocycles. The Hall–Kier alpha value is 0.270. The fourth-order valence-electron chi connectivity index (χ4n) is 2.53. The van der Waals surface area contributed by atoms with E-state index in [0.717, 1.165) is 24.8 Å². The predicted molar refractivity (Wildman–Crippen MR) is 62.0 cm³/mol. The topological polar surface area (TPSA) is 12.5 Å². The van der Waals surface area contributed by atoms with Crippen molar-refractivity contribution in [3.8, 4) is 0 Å². The van der Waals surface area contributed by atoms with Gasteiger partial charge in [0.2, 0.25) is 0 Å². The van der Waals surface area contributed by atoms with Gasteiger partial charge in [0.15, 0.2) is 0 Å². The second-order valence-corrected chi connectivity index (χ2v) is 5.00. The first-order valence-electron chi connectivity index (χ1n) is 5.80. The molecule has 82 valence electrons. The number of likely N-dealkylation sites (tertiary alicyclic amines) is 1. The summed E-state index contributed by atoms with van der Waals surface area (Å²) < 4.78 is 5.82. The van der Waals surface area contributed by atoms with Gasteiger partial charge < -0.3 is 4.74 Å². The Balaban J connectivity index is 1.81. The number of thiol groups is 1. The number of hydrogen-bond donors (Lipinski definition) is 1. The molecule has 0 aromatic heterocycles. The molecule has 2 fully saturated rings. The summed E-state index contributed by atoms with van der Waals surface area (Å²) in [5.74, 6) is 1.78. The molecule has 3 atom stereocenters. The van der Waals surface area contributed by atoms with Crippen LogP contribution in [-0.4, -0.2) is 42.5 Å². The zero-order valence-corrected chi connectivity index (χ0v) is 9.88. The molecule has 0 aliphatic carbocycles. The summed E-state index contributed by atoms with van der Waals surface area (Å²) >= 11 is 4.40. The highest BCUT2D eigenvalue weighted by Crippen LogP contribution is 2.26. The first kappa shape index (κ1) is 10.8. The van der Waals surface area contributed by atoms with Crippen LogP contribution in [0, 0.1) is 5.92 Å². The van der Waals surface area contributed by atoms with Crippen molar-refractivity contribution in [1.82, 2.24) is 4.90 Å². The van der Waals surface area contributed by atoms with Crippen LogP contribution in [0.5, 0.6) is 0 Å². The van der Waals surface area contributed by atoms with E-state index in [1.807, 2.05) is 0 Å². The quantitative estimate of drug-likeness (QED) is 0.718. The molecule has 0 radical (unpaired) electrons. The third-order valence-corrected chi connectivity index (χ3v) is 3.99. The summed E-state index contributed by atoms with van der Waals surface area (Å²) in [6.07, 6.45) is 4.87. The molecule has 2 bridgehead atoms. The number of hydrogen-bond acceptors (Lipinski definition) is 3. The molecular weight excluding hydrogens is 194 g/mol. The molecule has 3 heteroatoms. The lowest BCUT2D eigenvalue weighted by molar-refractivity contribution is -0.0417. The largest absolute Gasteiger partial charge is 0.372 e. The maximum Gasteiger partial charge on any atom is 0.0707 e. The first-order valence-corrected chi connectivity index (χ1v) is 6.43. The van der Waals surface area contributed by atoms with Crippen LogP contribution in [0.25, 0.3) is 0 Å². The summed E-state index contributed by atoms with van der Waals surface area (Å²) in [4.78, 5) is 2.58. The van der Waals surface area contributed by atoms with Crippen molar-refractivity contribution in [3.63, 3.8) is 0 Å². The Morgan fingerprint density at radius 2 is 2.00 bits per heavy atom. The van der Waals surface area contributed by atoms with E-state index in [1.165, 1.54) is 25.8 Å². The Labute approximate surface area is 92.4 Å². The fourth-order valence-corrected chi connectivity index (χ4v) is 2.90. The molecular formula is C11H21NOS. The Morgan fingerprint density at radius 1 is 1.36 bits per heavy atom. The predicted octanol–water partition coefficient (Wildman–Crippen LogP) is 1.81. The molecule has 2 nitrogen and oxygen atoms in total. The van der Waals surface area contributed by atoms with Gasteiger partial charge in [-0.15, -0.1) is 0 Å². The zero-order chi connectivity index (χ0) is 9.97. The Bertz CT molecular complexity index is 172. The maximum atomic E-state index is 5.82. The molecule has 2 saturated heterocycles. The minimum Gasteiger partial charge on any atom is -0.372 e. The number of ether oxygens (including phenoxy) is 1. The van der Waals surface area contributed by atoms with E-state index < -0.39 is 0 Å². The van der Waals surface area contributed by atoms with Gasteiger partial charge in [0.1, 0.15) is 0 Å². The molecule has 0 amide bonds. The van der Waals surface area contributed by atoms with Gasteiger partial charge in [-0.2, -0.15) is 12.6 Å². The van der Waals surface area contributed by atoms with E-state index in [9.17, 15) is 0 Å². The summed E-state index contributed by atoms with van der Waals surface area (Å²) in [5.41, 5.74) is 0. The van der Waals surface area contributed by atoms with E-state index >= 15 is 0 Å². The van der Waals surface area contributed by atoms with Crippen LogP contribution in [0.3, 0.4) is 0 Å². The van der Waals surface area contributed by atoms with Gasteiger partial charge in [0.25, 0.3) is 0 Å². The van der Waals surface area contributed by atoms with Gasteiger partial charge in [-0.05, 0) is 24.5 Å².